The molecule has 1 aromatic heterocycles. The molecule has 2 aromatic rings. The number of thiophene rings is 1. The number of hydrogen-bond acceptors (Lipinski definition) is 5. The lowest BCUT2D eigenvalue weighted by Gasteiger charge is -2.18. The molecule has 6 nitrogen and oxygen atoms in total. The summed E-state index contributed by atoms with van der Waals surface area (Å²) in [5.74, 6) is 0. The van der Waals surface area contributed by atoms with Gasteiger partial charge >= 0.3 is 0 Å². The van der Waals surface area contributed by atoms with Crippen LogP contribution in [0.2, 0.25) is 0 Å². The summed E-state index contributed by atoms with van der Waals surface area (Å²) in [4.78, 5) is 11.3. The first-order valence-corrected chi connectivity index (χ1v) is 8.80. The largest absolute Gasteiger partial charge is 0.271 e. The van der Waals surface area contributed by atoms with Crippen molar-refractivity contribution in [2.75, 3.05) is 7.05 Å². The van der Waals surface area contributed by atoms with Crippen LogP contribution in [0.3, 0.4) is 0 Å². The van der Waals surface area contributed by atoms with Gasteiger partial charge in [-0.1, -0.05) is 6.07 Å². The van der Waals surface area contributed by atoms with Crippen molar-refractivity contribution < 1.29 is 13.3 Å². The molecule has 0 aliphatic rings. The number of sulfonamides is 1. The van der Waals surface area contributed by atoms with Crippen molar-refractivity contribution in [1.29, 1.82) is 0 Å². The molecule has 0 aliphatic carbocycles. The number of rotatable bonds is 5. The lowest BCUT2D eigenvalue weighted by Crippen LogP contribution is -2.27. The SMILES string of the molecule is Cc1cc([N+](=O)[O-])cc(S(=O)(=O)N(C)Cc2cccs2)c1C. The Morgan fingerprint density at radius 1 is 1.32 bits per heavy atom. The van der Waals surface area contributed by atoms with E-state index >= 15 is 0 Å². The monoisotopic (exact) mass is 340 g/mol. The average molecular weight is 340 g/mol. The molecular formula is C14H16N2O4S2. The van der Waals surface area contributed by atoms with Crippen LogP contribution in [0.25, 0.3) is 0 Å². The van der Waals surface area contributed by atoms with Crippen molar-refractivity contribution in [3.05, 3.63) is 55.8 Å². The summed E-state index contributed by atoms with van der Waals surface area (Å²) in [5, 5.41) is 12.8. The fourth-order valence-electron chi connectivity index (χ4n) is 2.06. The first kappa shape index (κ1) is 16.6. The standard InChI is InChI=1S/C14H16N2O4S2/c1-10-7-12(16(17)18)8-14(11(10)2)22(19,20)15(3)9-13-5-4-6-21-13/h4-8H,9H2,1-3H3. The molecule has 2 rings (SSSR count). The minimum absolute atomic E-state index is 0.0155. The number of nitro groups is 1. The molecule has 0 unspecified atom stereocenters. The smallest absolute Gasteiger partial charge is 0.258 e. The minimum atomic E-state index is -3.79. The molecule has 118 valence electrons. The summed E-state index contributed by atoms with van der Waals surface area (Å²) in [6, 6.07) is 6.21. The van der Waals surface area contributed by atoms with Gasteiger partial charge in [0.2, 0.25) is 10.0 Å². The number of nitro benzene ring substituents is 1. The summed E-state index contributed by atoms with van der Waals surface area (Å²) in [6.07, 6.45) is 0. The van der Waals surface area contributed by atoms with Crippen molar-refractivity contribution in [1.82, 2.24) is 4.31 Å². The van der Waals surface area contributed by atoms with Crippen LogP contribution in [0, 0.1) is 24.0 Å². The first-order chi connectivity index (χ1) is 10.2. The Labute approximate surface area is 133 Å². The van der Waals surface area contributed by atoms with Crippen LogP contribution in [0.15, 0.2) is 34.5 Å². The van der Waals surface area contributed by atoms with Gasteiger partial charge in [0, 0.05) is 30.6 Å². The predicted octanol–water partition coefficient (Wildman–Crippen LogP) is 3.09. The summed E-state index contributed by atoms with van der Waals surface area (Å²) >= 11 is 1.46. The van der Waals surface area contributed by atoms with E-state index in [0.29, 0.717) is 11.1 Å². The van der Waals surface area contributed by atoms with Gasteiger partial charge in [-0.2, -0.15) is 4.31 Å². The molecule has 1 aromatic carbocycles. The highest BCUT2D eigenvalue weighted by Crippen LogP contribution is 2.28. The van der Waals surface area contributed by atoms with Crippen LogP contribution in [0.1, 0.15) is 16.0 Å². The molecular weight excluding hydrogens is 324 g/mol. The highest BCUT2D eigenvalue weighted by atomic mass is 32.2. The Morgan fingerprint density at radius 3 is 2.55 bits per heavy atom. The molecule has 0 saturated heterocycles. The van der Waals surface area contributed by atoms with E-state index in [-0.39, 0.29) is 17.1 Å². The van der Waals surface area contributed by atoms with Gasteiger partial charge in [0.25, 0.3) is 5.69 Å². The summed E-state index contributed by atoms with van der Waals surface area (Å²) in [6.45, 7) is 3.56. The molecule has 8 heteroatoms. The van der Waals surface area contributed by atoms with Crippen molar-refractivity contribution in [3.63, 3.8) is 0 Å². The third-order valence-corrected chi connectivity index (χ3v) is 6.25. The molecule has 0 bridgehead atoms. The van der Waals surface area contributed by atoms with Crippen molar-refractivity contribution in [2.24, 2.45) is 0 Å². The van der Waals surface area contributed by atoms with Crippen LogP contribution >= 0.6 is 11.3 Å². The summed E-state index contributed by atoms with van der Waals surface area (Å²) in [5.41, 5.74) is 0.895. The van der Waals surface area contributed by atoms with E-state index < -0.39 is 14.9 Å². The second kappa shape index (κ2) is 6.15. The molecule has 0 N–H and O–H groups in total. The topological polar surface area (TPSA) is 80.5 Å². The van der Waals surface area contributed by atoms with E-state index in [2.05, 4.69) is 0 Å². The van der Waals surface area contributed by atoms with E-state index in [0.717, 1.165) is 10.9 Å². The van der Waals surface area contributed by atoms with Crippen LogP contribution in [0.5, 0.6) is 0 Å². The van der Waals surface area contributed by atoms with E-state index in [9.17, 15) is 18.5 Å². The predicted molar refractivity (Wildman–Crippen MR) is 85.5 cm³/mol. The number of benzene rings is 1. The zero-order valence-corrected chi connectivity index (χ0v) is 14.1. The summed E-state index contributed by atoms with van der Waals surface area (Å²) < 4.78 is 26.6. The fourth-order valence-corrected chi connectivity index (χ4v) is 4.36. The highest BCUT2D eigenvalue weighted by Gasteiger charge is 2.26. The van der Waals surface area contributed by atoms with Gasteiger partial charge < -0.3 is 0 Å². The average Bonchev–Trinajstić information content (AvgIpc) is 2.93. The minimum Gasteiger partial charge on any atom is -0.258 e. The third-order valence-electron chi connectivity index (χ3n) is 3.46. The second-order valence-corrected chi connectivity index (χ2v) is 8.03. The lowest BCUT2D eigenvalue weighted by atomic mass is 10.1. The molecule has 0 atom stereocenters. The highest BCUT2D eigenvalue weighted by molar-refractivity contribution is 7.89. The van der Waals surface area contributed by atoms with E-state index in [1.54, 1.807) is 13.8 Å². The quantitative estimate of drug-likeness (QED) is 0.619. The Balaban J connectivity index is 2.46. The molecule has 22 heavy (non-hydrogen) atoms. The zero-order chi connectivity index (χ0) is 16.5. The maximum Gasteiger partial charge on any atom is 0.271 e. The van der Waals surface area contributed by atoms with Crippen LogP contribution in [0.4, 0.5) is 5.69 Å². The van der Waals surface area contributed by atoms with Gasteiger partial charge in [0.1, 0.15) is 0 Å². The molecule has 0 spiro atoms. The number of nitrogens with zero attached hydrogens (tertiary/aromatic N) is 2. The fraction of sp³-hybridized carbons (Fsp3) is 0.286. The van der Waals surface area contributed by atoms with E-state index in [1.807, 2.05) is 17.5 Å². The molecule has 0 amide bonds. The number of hydrogen-bond donors (Lipinski definition) is 0. The van der Waals surface area contributed by atoms with Gasteiger partial charge in [0.15, 0.2) is 0 Å². The Hall–Kier alpha value is -1.77. The molecule has 0 saturated carbocycles. The molecule has 0 fully saturated rings. The number of non-ortho nitro benzene ring substituents is 1. The second-order valence-electron chi connectivity index (χ2n) is 4.98. The van der Waals surface area contributed by atoms with Crippen molar-refractivity contribution >= 4 is 27.0 Å². The van der Waals surface area contributed by atoms with E-state index in [4.69, 9.17) is 0 Å². The molecule has 0 radical (unpaired) electrons. The maximum atomic E-state index is 12.7. The van der Waals surface area contributed by atoms with E-state index in [1.165, 1.54) is 28.8 Å². The van der Waals surface area contributed by atoms with Gasteiger partial charge in [-0.3, -0.25) is 10.1 Å². The summed E-state index contributed by atoms with van der Waals surface area (Å²) in [7, 11) is -2.31. The van der Waals surface area contributed by atoms with Gasteiger partial charge in [0.05, 0.1) is 9.82 Å². The van der Waals surface area contributed by atoms with Crippen molar-refractivity contribution in [3.8, 4) is 0 Å². The normalized spacial score (nSPS) is 11.8. The zero-order valence-electron chi connectivity index (χ0n) is 12.4. The third kappa shape index (κ3) is 3.18. The Bertz CT molecular complexity index is 799. The number of aryl methyl sites for hydroxylation is 1. The van der Waals surface area contributed by atoms with Gasteiger partial charge in [-0.05, 0) is 36.4 Å². The molecule has 1 heterocycles. The maximum absolute atomic E-state index is 12.7. The first-order valence-electron chi connectivity index (χ1n) is 6.48. The van der Waals surface area contributed by atoms with Crippen LogP contribution < -0.4 is 0 Å². The van der Waals surface area contributed by atoms with Gasteiger partial charge in [-0.15, -0.1) is 11.3 Å². The lowest BCUT2D eigenvalue weighted by molar-refractivity contribution is -0.385. The van der Waals surface area contributed by atoms with Crippen molar-refractivity contribution in [2.45, 2.75) is 25.3 Å². The molecule has 0 aliphatic heterocycles. The Morgan fingerprint density at radius 2 is 2.00 bits per heavy atom. The Kier molecular flexibility index (Phi) is 4.64. The van der Waals surface area contributed by atoms with Crippen LogP contribution in [-0.2, 0) is 16.6 Å². The van der Waals surface area contributed by atoms with Crippen LogP contribution in [-0.4, -0.2) is 24.7 Å². The van der Waals surface area contributed by atoms with Gasteiger partial charge in [-0.25, -0.2) is 8.42 Å².